The van der Waals surface area contributed by atoms with Crippen molar-refractivity contribution in [3.8, 4) is 0 Å². The van der Waals surface area contributed by atoms with Crippen LogP contribution in [0, 0.1) is 0 Å². The standard InChI is InChI=1S/C17H24N4/c1-4-9-15-20-16(18-5-2)12-17(21-15)19-13(3)14-10-7-6-8-11-14/h6-8,10-13H,4-5,9H2,1-3H3,(H2,18,19,20,21). The number of nitrogens with one attached hydrogen (secondary N) is 2. The Morgan fingerprint density at radius 1 is 1.05 bits per heavy atom. The molecule has 0 saturated heterocycles. The smallest absolute Gasteiger partial charge is 0.133 e. The van der Waals surface area contributed by atoms with Gasteiger partial charge in [0, 0.05) is 25.1 Å². The fraction of sp³-hybridized carbons (Fsp3) is 0.412. The summed E-state index contributed by atoms with van der Waals surface area (Å²) in [6.07, 6.45) is 1.94. The van der Waals surface area contributed by atoms with E-state index in [0.29, 0.717) is 0 Å². The van der Waals surface area contributed by atoms with E-state index >= 15 is 0 Å². The Labute approximate surface area is 127 Å². The molecule has 2 aromatic rings. The molecule has 1 aromatic heterocycles. The molecule has 0 aliphatic heterocycles. The van der Waals surface area contributed by atoms with Crippen molar-refractivity contribution in [3.05, 3.63) is 47.8 Å². The van der Waals surface area contributed by atoms with Gasteiger partial charge in [0.2, 0.25) is 0 Å². The molecule has 0 radical (unpaired) electrons. The molecule has 4 nitrogen and oxygen atoms in total. The van der Waals surface area contributed by atoms with E-state index in [1.54, 1.807) is 0 Å². The van der Waals surface area contributed by atoms with E-state index in [2.05, 4.69) is 65.6 Å². The molecule has 1 atom stereocenters. The van der Waals surface area contributed by atoms with E-state index < -0.39 is 0 Å². The molecule has 0 aliphatic carbocycles. The van der Waals surface area contributed by atoms with Crippen molar-refractivity contribution in [2.75, 3.05) is 17.2 Å². The molecular weight excluding hydrogens is 260 g/mol. The highest BCUT2D eigenvalue weighted by molar-refractivity contribution is 5.48. The van der Waals surface area contributed by atoms with Crippen molar-refractivity contribution >= 4 is 11.6 Å². The molecule has 2 N–H and O–H groups in total. The van der Waals surface area contributed by atoms with Crippen LogP contribution in [-0.4, -0.2) is 16.5 Å². The van der Waals surface area contributed by atoms with E-state index in [0.717, 1.165) is 36.8 Å². The van der Waals surface area contributed by atoms with E-state index in [4.69, 9.17) is 0 Å². The quantitative estimate of drug-likeness (QED) is 0.806. The molecule has 0 bridgehead atoms. The van der Waals surface area contributed by atoms with Gasteiger partial charge in [-0.2, -0.15) is 0 Å². The highest BCUT2D eigenvalue weighted by Crippen LogP contribution is 2.19. The minimum Gasteiger partial charge on any atom is -0.370 e. The van der Waals surface area contributed by atoms with Gasteiger partial charge >= 0.3 is 0 Å². The van der Waals surface area contributed by atoms with E-state index in [9.17, 15) is 0 Å². The SMILES string of the molecule is CCCc1nc(NCC)cc(NC(C)c2ccccc2)n1. The van der Waals surface area contributed by atoms with Gasteiger partial charge < -0.3 is 10.6 Å². The molecule has 1 heterocycles. The Balaban J connectivity index is 2.18. The molecule has 0 aliphatic rings. The molecule has 1 unspecified atom stereocenters. The molecule has 2 rings (SSSR count). The summed E-state index contributed by atoms with van der Waals surface area (Å²) in [5.41, 5.74) is 1.25. The topological polar surface area (TPSA) is 49.8 Å². The van der Waals surface area contributed by atoms with Gasteiger partial charge in [0.1, 0.15) is 17.5 Å². The van der Waals surface area contributed by atoms with Crippen LogP contribution in [0.25, 0.3) is 0 Å². The number of rotatable bonds is 7. The highest BCUT2D eigenvalue weighted by Gasteiger charge is 2.08. The fourth-order valence-corrected chi connectivity index (χ4v) is 2.23. The van der Waals surface area contributed by atoms with Gasteiger partial charge in [-0.15, -0.1) is 0 Å². The Morgan fingerprint density at radius 3 is 2.43 bits per heavy atom. The number of hydrogen-bond acceptors (Lipinski definition) is 4. The van der Waals surface area contributed by atoms with Crippen LogP contribution < -0.4 is 10.6 Å². The van der Waals surface area contributed by atoms with Crippen LogP contribution in [0.3, 0.4) is 0 Å². The largest absolute Gasteiger partial charge is 0.370 e. The molecule has 0 amide bonds. The number of hydrogen-bond donors (Lipinski definition) is 2. The molecule has 112 valence electrons. The van der Waals surface area contributed by atoms with Gasteiger partial charge in [0.15, 0.2) is 0 Å². The van der Waals surface area contributed by atoms with Gasteiger partial charge in [-0.1, -0.05) is 37.3 Å². The first-order chi connectivity index (χ1) is 10.2. The summed E-state index contributed by atoms with van der Waals surface area (Å²) in [5.74, 6) is 2.65. The zero-order valence-electron chi connectivity index (χ0n) is 13.1. The first kappa shape index (κ1) is 15.3. The van der Waals surface area contributed by atoms with Crippen LogP contribution in [0.4, 0.5) is 11.6 Å². The zero-order chi connectivity index (χ0) is 15.1. The summed E-state index contributed by atoms with van der Waals surface area (Å²) in [7, 11) is 0. The van der Waals surface area contributed by atoms with Crippen molar-refractivity contribution < 1.29 is 0 Å². The summed E-state index contributed by atoms with van der Waals surface area (Å²) >= 11 is 0. The minimum absolute atomic E-state index is 0.213. The van der Waals surface area contributed by atoms with E-state index in [1.165, 1.54) is 5.56 Å². The maximum absolute atomic E-state index is 4.61. The van der Waals surface area contributed by atoms with Gasteiger partial charge in [0.05, 0.1) is 0 Å². The summed E-state index contributed by atoms with van der Waals surface area (Å²) in [6, 6.07) is 12.6. The van der Waals surface area contributed by atoms with Gasteiger partial charge in [0.25, 0.3) is 0 Å². The molecule has 0 saturated carbocycles. The van der Waals surface area contributed by atoms with Gasteiger partial charge in [-0.3, -0.25) is 0 Å². The maximum Gasteiger partial charge on any atom is 0.133 e. The third-order valence-electron chi connectivity index (χ3n) is 3.27. The second kappa shape index (κ2) is 7.62. The van der Waals surface area contributed by atoms with Crippen molar-refractivity contribution in [1.82, 2.24) is 9.97 Å². The van der Waals surface area contributed by atoms with Crippen LogP contribution in [0.15, 0.2) is 36.4 Å². The number of anilines is 2. The lowest BCUT2D eigenvalue weighted by Gasteiger charge is -2.16. The number of nitrogens with zero attached hydrogens (tertiary/aromatic N) is 2. The van der Waals surface area contributed by atoms with Gasteiger partial charge in [-0.05, 0) is 25.8 Å². The maximum atomic E-state index is 4.61. The average molecular weight is 284 g/mol. The van der Waals surface area contributed by atoms with Crippen LogP contribution in [0.2, 0.25) is 0 Å². The van der Waals surface area contributed by atoms with Crippen LogP contribution in [-0.2, 0) is 6.42 Å². The second-order valence-corrected chi connectivity index (χ2v) is 5.11. The fourth-order valence-electron chi connectivity index (χ4n) is 2.23. The molecule has 0 fully saturated rings. The van der Waals surface area contributed by atoms with Gasteiger partial charge in [-0.25, -0.2) is 9.97 Å². The van der Waals surface area contributed by atoms with Crippen molar-refractivity contribution in [2.24, 2.45) is 0 Å². The predicted octanol–water partition coefficient (Wildman–Crippen LogP) is 4.03. The minimum atomic E-state index is 0.213. The third-order valence-corrected chi connectivity index (χ3v) is 3.27. The summed E-state index contributed by atoms with van der Waals surface area (Å²) in [5, 5.41) is 6.73. The Kier molecular flexibility index (Phi) is 5.55. The summed E-state index contributed by atoms with van der Waals surface area (Å²) in [4.78, 5) is 9.14. The van der Waals surface area contributed by atoms with Crippen molar-refractivity contribution in [2.45, 2.75) is 39.7 Å². The lowest BCUT2D eigenvalue weighted by Crippen LogP contribution is -2.11. The average Bonchev–Trinajstić information content (AvgIpc) is 2.48. The third kappa shape index (κ3) is 4.45. The number of benzene rings is 1. The Bertz CT molecular complexity index is 530. The first-order valence-corrected chi connectivity index (χ1v) is 7.66. The monoisotopic (exact) mass is 284 g/mol. The zero-order valence-corrected chi connectivity index (χ0v) is 13.1. The molecule has 4 heteroatoms. The molecule has 0 spiro atoms. The molecule has 1 aromatic carbocycles. The van der Waals surface area contributed by atoms with Crippen LogP contribution in [0.1, 0.15) is 44.6 Å². The van der Waals surface area contributed by atoms with Crippen molar-refractivity contribution in [3.63, 3.8) is 0 Å². The Hall–Kier alpha value is -2.10. The Morgan fingerprint density at radius 2 is 1.76 bits per heavy atom. The molecular formula is C17H24N4. The van der Waals surface area contributed by atoms with Crippen molar-refractivity contribution in [1.29, 1.82) is 0 Å². The second-order valence-electron chi connectivity index (χ2n) is 5.11. The lowest BCUT2D eigenvalue weighted by atomic mass is 10.1. The highest BCUT2D eigenvalue weighted by atomic mass is 15.1. The lowest BCUT2D eigenvalue weighted by molar-refractivity contribution is 0.819. The molecule has 21 heavy (non-hydrogen) atoms. The number of aromatic nitrogens is 2. The van der Waals surface area contributed by atoms with Crippen LogP contribution in [0.5, 0.6) is 0 Å². The summed E-state index contributed by atoms with van der Waals surface area (Å²) in [6.45, 7) is 7.21. The van der Waals surface area contributed by atoms with E-state index in [-0.39, 0.29) is 6.04 Å². The number of aryl methyl sites for hydroxylation is 1. The summed E-state index contributed by atoms with van der Waals surface area (Å²) < 4.78 is 0. The van der Waals surface area contributed by atoms with E-state index in [1.807, 2.05) is 12.1 Å². The normalized spacial score (nSPS) is 12.0. The predicted molar refractivity (Wildman–Crippen MR) is 88.7 cm³/mol. The van der Waals surface area contributed by atoms with Crippen LogP contribution >= 0.6 is 0 Å². The first-order valence-electron chi connectivity index (χ1n) is 7.66.